The van der Waals surface area contributed by atoms with Crippen molar-refractivity contribution in [2.75, 3.05) is 5.73 Å². The third-order valence-corrected chi connectivity index (χ3v) is 4.92. The van der Waals surface area contributed by atoms with E-state index in [1.54, 1.807) is 24.4 Å². The molecule has 0 aliphatic rings. The van der Waals surface area contributed by atoms with Gasteiger partial charge in [-0.3, -0.25) is 4.98 Å². The second-order valence-corrected chi connectivity index (χ2v) is 6.37. The van der Waals surface area contributed by atoms with Gasteiger partial charge in [-0.2, -0.15) is 0 Å². The number of nitrogens with zero attached hydrogens (tertiary/aromatic N) is 1. The van der Waals surface area contributed by atoms with E-state index in [4.69, 9.17) is 5.73 Å². The number of sulfonamides is 1. The van der Waals surface area contributed by atoms with Crippen molar-refractivity contribution in [2.24, 2.45) is 0 Å². The molecule has 108 valence electrons. The largest absolute Gasteiger partial charge is 0.398 e. The number of fused-ring (bicyclic) bond motifs is 1. The van der Waals surface area contributed by atoms with E-state index in [9.17, 15) is 8.42 Å². The molecule has 0 amide bonds. The van der Waals surface area contributed by atoms with Gasteiger partial charge in [0.05, 0.1) is 5.52 Å². The molecule has 0 spiro atoms. The Bertz CT molecular complexity index is 709. The van der Waals surface area contributed by atoms with Crippen LogP contribution >= 0.6 is 0 Å². The fraction of sp³-hybridized carbons (Fsp3) is 0.357. The van der Waals surface area contributed by atoms with E-state index >= 15 is 0 Å². The number of anilines is 1. The second kappa shape index (κ2) is 5.76. The maximum atomic E-state index is 12.5. The van der Waals surface area contributed by atoms with Gasteiger partial charge in [0.15, 0.2) is 0 Å². The molecule has 20 heavy (non-hydrogen) atoms. The zero-order chi connectivity index (χ0) is 14.8. The Morgan fingerprint density at radius 3 is 2.60 bits per heavy atom. The molecule has 0 bridgehead atoms. The lowest BCUT2D eigenvalue weighted by molar-refractivity contribution is 0.531. The van der Waals surface area contributed by atoms with Crippen LogP contribution in [0.4, 0.5) is 5.69 Å². The molecular weight excluding hydrogens is 274 g/mol. The number of nitrogens with one attached hydrogen (secondary N) is 1. The topological polar surface area (TPSA) is 85.1 Å². The number of nitrogen functional groups attached to an aromatic ring is 1. The minimum atomic E-state index is -3.60. The Morgan fingerprint density at radius 1 is 1.25 bits per heavy atom. The van der Waals surface area contributed by atoms with Crippen molar-refractivity contribution in [2.45, 2.75) is 37.6 Å². The smallest absolute Gasteiger partial charge is 0.242 e. The number of pyridine rings is 1. The Balaban J connectivity index is 2.55. The second-order valence-electron chi connectivity index (χ2n) is 4.69. The van der Waals surface area contributed by atoms with Crippen LogP contribution in [0.25, 0.3) is 10.9 Å². The third-order valence-electron chi connectivity index (χ3n) is 3.36. The van der Waals surface area contributed by atoms with Crippen LogP contribution in [-0.2, 0) is 10.0 Å². The molecule has 1 heterocycles. The predicted octanol–water partition coefficient (Wildman–Crippen LogP) is 2.28. The molecule has 0 radical (unpaired) electrons. The Kier molecular flexibility index (Phi) is 4.25. The number of benzene rings is 1. The van der Waals surface area contributed by atoms with Crippen molar-refractivity contribution >= 4 is 26.6 Å². The summed E-state index contributed by atoms with van der Waals surface area (Å²) < 4.78 is 27.7. The summed E-state index contributed by atoms with van der Waals surface area (Å²) in [6.45, 7) is 3.91. The Labute approximate surface area is 119 Å². The summed E-state index contributed by atoms with van der Waals surface area (Å²) in [5, 5.41) is 0.653. The molecule has 0 fully saturated rings. The molecule has 0 atom stereocenters. The lowest BCUT2D eigenvalue weighted by Gasteiger charge is -2.16. The van der Waals surface area contributed by atoms with Crippen LogP contribution in [0.1, 0.15) is 26.7 Å². The number of aromatic nitrogens is 1. The van der Waals surface area contributed by atoms with E-state index < -0.39 is 10.0 Å². The van der Waals surface area contributed by atoms with Gasteiger partial charge in [-0.1, -0.05) is 13.8 Å². The Hall–Kier alpha value is -1.66. The fourth-order valence-corrected chi connectivity index (χ4v) is 3.69. The number of rotatable bonds is 5. The van der Waals surface area contributed by atoms with Crippen LogP contribution in [0.3, 0.4) is 0 Å². The average Bonchev–Trinajstić information content (AvgIpc) is 2.45. The molecule has 0 aliphatic heterocycles. The maximum Gasteiger partial charge on any atom is 0.242 e. The van der Waals surface area contributed by atoms with Crippen LogP contribution in [0.5, 0.6) is 0 Å². The number of hydrogen-bond donors (Lipinski definition) is 2. The zero-order valence-electron chi connectivity index (χ0n) is 11.6. The first-order valence-corrected chi connectivity index (χ1v) is 8.13. The molecule has 5 nitrogen and oxygen atoms in total. The van der Waals surface area contributed by atoms with Crippen LogP contribution in [0.15, 0.2) is 35.4 Å². The summed E-state index contributed by atoms with van der Waals surface area (Å²) in [6.07, 6.45) is 3.06. The van der Waals surface area contributed by atoms with E-state index in [1.165, 1.54) is 6.07 Å². The molecular formula is C14H19N3O2S. The molecule has 6 heteroatoms. The minimum absolute atomic E-state index is 0.0729. The van der Waals surface area contributed by atoms with Crippen LogP contribution in [0.2, 0.25) is 0 Å². The van der Waals surface area contributed by atoms with Crippen molar-refractivity contribution in [1.29, 1.82) is 0 Å². The first-order valence-electron chi connectivity index (χ1n) is 6.65. The highest BCUT2D eigenvalue weighted by atomic mass is 32.2. The molecule has 2 rings (SSSR count). The van der Waals surface area contributed by atoms with Crippen LogP contribution < -0.4 is 10.5 Å². The quantitative estimate of drug-likeness (QED) is 0.828. The average molecular weight is 293 g/mol. The highest BCUT2D eigenvalue weighted by Gasteiger charge is 2.21. The highest BCUT2D eigenvalue weighted by molar-refractivity contribution is 7.89. The molecule has 1 aromatic heterocycles. The third kappa shape index (κ3) is 2.76. The Morgan fingerprint density at radius 2 is 1.95 bits per heavy atom. The molecule has 3 N–H and O–H groups in total. The van der Waals surface area contributed by atoms with Crippen molar-refractivity contribution in [3.63, 3.8) is 0 Å². The molecule has 0 aliphatic carbocycles. The van der Waals surface area contributed by atoms with Gasteiger partial charge in [0, 0.05) is 23.3 Å². The predicted molar refractivity (Wildman–Crippen MR) is 80.8 cm³/mol. The highest BCUT2D eigenvalue weighted by Crippen LogP contribution is 2.26. The lowest BCUT2D eigenvalue weighted by Crippen LogP contribution is -2.34. The first kappa shape index (κ1) is 14.7. The van der Waals surface area contributed by atoms with E-state index in [0.29, 0.717) is 16.6 Å². The van der Waals surface area contributed by atoms with Crippen molar-refractivity contribution in [3.8, 4) is 0 Å². The monoisotopic (exact) mass is 293 g/mol. The van der Waals surface area contributed by atoms with Crippen molar-refractivity contribution < 1.29 is 8.42 Å². The summed E-state index contributed by atoms with van der Waals surface area (Å²) in [5.74, 6) is 0. The summed E-state index contributed by atoms with van der Waals surface area (Å²) >= 11 is 0. The first-order chi connectivity index (χ1) is 9.49. The van der Waals surface area contributed by atoms with Gasteiger partial charge in [-0.05, 0) is 37.1 Å². The van der Waals surface area contributed by atoms with Gasteiger partial charge in [-0.15, -0.1) is 0 Å². The minimum Gasteiger partial charge on any atom is -0.398 e. The molecule has 0 unspecified atom stereocenters. The molecule has 0 saturated heterocycles. The van der Waals surface area contributed by atoms with Gasteiger partial charge in [-0.25, -0.2) is 13.1 Å². The van der Waals surface area contributed by atoms with E-state index in [-0.39, 0.29) is 10.9 Å². The van der Waals surface area contributed by atoms with Gasteiger partial charge in [0.2, 0.25) is 10.0 Å². The zero-order valence-corrected chi connectivity index (χ0v) is 12.4. The summed E-state index contributed by atoms with van der Waals surface area (Å²) in [5.41, 5.74) is 6.80. The standard InChI is InChI=1S/C14H19N3O2S/c1-3-10(4-2)17-20(18,19)13-8-7-12(15)11-6-5-9-16-14(11)13/h5-10,17H,3-4,15H2,1-2H3. The summed E-state index contributed by atoms with van der Waals surface area (Å²) in [4.78, 5) is 4.34. The number of nitrogens with two attached hydrogens (primary N) is 1. The van der Waals surface area contributed by atoms with Crippen molar-refractivity contribution in [1.82, 2.24) is 9.71 Å². The lowest BCUT2D eigenvalue weighted by atomic mass is 10.2. The van der Waals surface area contributed by atoms with Crippen LogP contribution in [-0.4, -0.2) is 19.4 Å². The normalized spacial score (nSPS) is 12.2. The molecule has 2 aromatic rings. The van der Waals surface area contributed by atoms with Gasteiger partial charge < -0.3 is 5.73 Å². The van der Waals surface area contributed by atoms with E-state index in [1.807, 2.05) is 13.8 Å². The molecule has 0 saturated carbocycles. The van der Waals surface area contributed by atoms with Gasteiger partial charge >= 0.3 is 0 Å². The molecule has 1 aromatic carbocycles. The maximum absolute atomic E-state index is 12.5. The van der Waals surface area contributed by atoms with Gasteiger partial charge in [0.25, 0.3) is 0 Å². The van der Waals surface area contributed by atoms with E-state index in [0.717, 1.165) is 12.8 Å². The fourth-order valence-electron chi connectivity index (χ4n) is 2.12. The summed E-state index contributed by atoms with van der Waals surface area (Å²) in [6, 6.07) is 6.55. The van der Waals surface area contributed by atoms with Crippen LogP contribution in [0, 0.1) is 0 Å². The SMILES string of the molecule is CCC(CC)NS(=O)(=O)c1ccc(N)c2cccnc12. The summed E-state index contributed by atoms with van der Waals surface area (Å²) in [7, 11) is -3.60. The van der Waals surface area contributed by atoms with E-state index in [2.05, 4.69) is 9.71 Å². The number of hydrogen-bond acceptors (Lipinski definition) is 4. The van der Waals surface area contributed by atoms with Crippen molar-refractivity contribution in [3.05, 3.63) is 30.5 Å². The van der Waals surface area contributed by atoms with Gasteiger partial charge in [0.1, 0.15) is 4.90 Å².